The number of aliphatic hydroxyl groups excluding tert-OH is 1. The average molecular weight is 1340 g/mol. The summed E-state index contributed by atoms with van der Waals surface area (Å²) in [4.78, 5) is 72.6. The minimum absolute atomic E-state index is 0.0783. The second-order valence-corrected chi connectivity index (χ2v) is 27.4. The molecule has 0 saturated heterocycles. The summed E-state index contributed by atoms with van der Waals surface area (Å²) in [5, 5.41) is 10.6. The molecule has 0 aromatic rings. The van der Waals surface area contributed by atoms with Crippen molar-refractivity contribution in [3.8, 4) is 0 Å². The number of aliphatic hydroxyl groups is 1. The number of phosphoric acid groups is 2. The third-order valence-electron chi connectivity index (χ3n) is 15.5. The highest BCUT2D eigenvalue weighted by molar-refractivity contribution is 7.47. The molecule has 5 unspecified atom stereocenters. The molecule has 0 aromatic carbocycles. The minimum Gasteiger partial charge on any atom is -0.462 e. The van der Waals surface area contributed by atoms with Crippen LogP contribution in [0.5, 0.6) is 0 Å². The van der Waals surface area contributed by atoms with Crippen molar-refractivity contribution < 1.29 is 80.2 Å². The molecule has 0 heterocycles. The zero-order valence-electron chi connectivity index (χ0n) is 58.2. The van der Waals surface area contributed by atoms with E-state index in [1.54, 1.807) is 0 Å². The maximum absolute atomic E-state index is 13.0. The van der Waals surface area contributed by atoms with Gasteiger partial charge in [0, 0.05) is 25.7 Å². The number of rotatable bonds is 69. The van der Waals surface area contributed by atoms with Crippen LogP contribution >= 0.6 is 15.6 Å². The van der Waals surface area contributed by atoms with Gasteiger partial charge in [0.15, 0.2) is 12.2 Å². The van der Waals surface area contributed by atoms with Crippen molar-refractivity contribution in [1.29, 1.82) is 0 Å². The lowest BCUT2D eigenvalue weighted by molar-refractivity contribution is -0.161. The summed E-state index contributed by atoms with van der Waals surface area (Å²) in [6, 6.07) is 0. The first-order valence-electron chi connectivity index (χ1n) is 36.5. The maximum Gasteiger partial charge on any atom is 0.472 e. The monoisotopic (exact) mass is 1340 g/mol. The second-order valence-electron chi connectivity index (χ2n) is 24.5. The molecular weight excluding hydrogens is 1210 g/mol. The summed E-state index contributed by atoms with van der Waals surface area (Å²) in [5.74, 6) is -2.21. The topological polar surface area (TPSA) is 237 Å². The van der Waals surface area contributed by atoms with E-state index in [9.17, 15) is 43.2 Å². The highest BCUT2D eigenvalue weighted by Gasteiger charge is 2.30. The van der Waals surface area contributed by atoms with Crippen LogP contribution < -0.4 is 0 Å². The zero-order chi connectivity index (χ0) is 67.5. The number of unbranched alkanes of at least 4 members (excludes halogenated alkanes) is 33. The van der Waals surface area contributed by atoms with Gasteiger partial charge >= 0.3 is 39.5 Å². The van der Waals surface area contributed by atoms with Crippen molar-refractivity contribution in [2.75, 3.05) is 39.6 Å². The van der Waals surface area contributed by atoms with Gasteiger partial charge in [0.2, 0.25) is 0 Å². The summed E-state index contributed by atoms with van der Waals surface area (Å²) < 4.78 is 68.2. The van der Waals surface area contributed by atoms with Gasteiger partial charge < -0.3 is 33.8 Å². The molecule has 0 bridgehead atoms. The second kappa shape index (κ2) is 66.4. The Kier molecular flexibility index (Phi) is 64.0. The van der Waals surface area contributed by atoms with E-state index in [0.717, 1.165) is 122 Å². The van der Waals surface area contributed by atoms with Crippen LogP contribution in [0.15, 0.2) is 60.8 Å². The van der Waals surface area contributed by atoms with Gasteiger partial charge in [0.1, 0.15) is 19.3 Å². The molecule has 17 nitrogen and oxygen atoms in total. The summed E-state index contributed by atoms with van der Waals surface area (Å²) >= 11 is 0. The first kappa shape index (κ1) is 88.8. The van der Waals surface area contributed by atoms with Crippen molar-refractivity contribution >= 4 is 39.5 Å². The van der Waals surface area contributed by atoms with Gasteiger partial charge in [-0.3, -0.25) is 37.3 Å². The van der Waals surface area contributed by atoms with Crippen molar-refractivity contribution in [1.82, 2.24) is 0 Å². The van der Waals surface area contributed by atoms with Gasteiger partial charge in [-0.2, -0.15) is 0 Å². The van der Waals surface area contributed by atoms with Crippen molar-refractivity contribution in [3.63, 3.8) is 0 Å². The van der Waals surface area contributed by atoms with Crippen LogP contribution in [0.25, 0.3) is 0 Å². The van der Waals surface area contributed by atoms with E-state index in [-0.39, 0.29) is 25.7 Å². The van der Waals surface area contributed by atoms with E-state index in [4.69, 9.17) is 37.0 Å². The summed E-state index contributed by atoms with van der Waals surface area (Å²) in [6.07, 6.45) is 62.4. The standard InChI is InChI=1S/C73H132O17P2/c1-5-9-13-17-21-25-29-31-33-35-39-41-45-49-53-57-70(75)83-63-68(89-72(77)59-55-51-47-43-37-27-23-19-15-11-7-3)65-87-91(79,80)85-61-67(74)62-86-92(81,82)88-66-69(90-73(78)60-56-52-48-44-38-28-24-20-16-12-8-4)64-84-71(76)58-54-50-46-42-40-36-34-32-30-26-22-18-14-10-6-2/h9,13,19,21,23,25,31,33,39,41,67-69,74H,5-8,10-12,14-18,20,22,24,26-30,32,34-38,40,42-66H2,1-4H3,(H,79,80)(H,81,82)/b13-9-,23-19-,25-21-,33-31-,41-39-. The van der Waals surface area contributed by atoms with E-state index >= 15 is 0 Å². The molecular formula is C73H132O17P2. The van der Waals surface area contributed by atoms with Crippen molar-refractivity contribution in [2.45, 2.75) is 341 Å². The molecule has 92 heavy (non-hydrogen) atoms. The minimum atomic E-state index is -4.97. The Hall–Kier alpha value is -3.24. The van der Waals surface area contributed by atoms with E-state index < -0.39 is 97.5 Å². The Morgan fingerprint density at radius 2 is 0.576 bits per heavy atom. The Morgan fingerprint density at radius 3 is 0.935 bits per heavy atom. The molecule has 0 fully saturated rings. The molecule has 0 aliphatic heterocycles. The predicted molar refractivity (Wildman–Crippen MR) is 372 cm³/mol. The summed E-state index contributed by atoms with van der Waals surface area (Å²) in [5.41, 5.74) is 0. The highest BCUT2D eigenvalue weighted by Crippen LogP contribution is 2.45. The molecule has 0 aliphatic rings. The van der Waals surface area contributed by atoms with E-state index in [0.29, 0.717) is 25.7 Å². The lowest BCUT2D eigenvalue weighted by Gasteiger charge is -2.21. The van der Waals surface area contributed by atoms with E-state index in [1.165, 1.54) is 122 Å². The predicted octanol–water partition coefficient (Wildman–Crippen LogP) is 20.3. The fourth-order valence-electron chi connectivity index (χ4n) is 9.90. The average Bonchev–Trinajstić information content (AvgIpc) is 2.55. The lowest BCUT2D eigenvalue weighted by atomic mass is 10.0. The van der Waals surface area contributed by atoms with Crippen molar-refractivity contribution in [2.24, 2.45) is 0 Å². The Labute approximate surface area is 559 Å². The molecule has 0 saturated carbocycles. The molecule has 0 spiro atoms. The molecule has 0 amide bonds. The van der Waals surface area contributed by atoms with Crippen LogP contribution in [0, 0.1) is 0 Å². The molecule has 19 heteroatoms. The van der Waals surface area contributed by atoms with Crippen LogP contribution in [0.4, 0.5) is 0 Å². The number of carbonyl (C=O) groups excluding carboxylic acids is 4. The molecule has 0 rings (SSSR count). The molecule has 536 valence electrons. The Balaban J connectivity index is 5.30. The fraction of sp³-hybridized carbons (Fsp3) is 0.808. The van der Waals surface area contributed by atoms with Gasteiger partial charge in [-0.05, 0) is 83.5 Å². The molecule has 0 radical (unpaired) electrons. The van der Waals surface area contributed by atoms with Crippen LogP contribution in [0.3, 0.4) is 0 Å². The van der Waals surface area contributed by atoms with Crippen LogP contribution in [0.2, 0.25) is 0 Å². The molecule has 0 aromatic heterocycles. The Morgan fingerprint density at radius 1 is 0.315 bits per heavy atom. The number of hydrogen-bond donors (Lipinski definition) is 3. The number of carbonyl (C=O) groups is 4. The number of phosphoric ester groups is 2. The van der Waals surface area contributed by atoms with Gasteiger partial charge in [-0.25, -0.2) is 9.13 Å². The molecule has 5 atom stereocenters. The summed E-state index contributed by atoms with van der Waals surface area (Å²) in [6.45, 7) is 4.69. The lowest BCUT2D eigenvalue weighted by Crippen LogP contribution is -2.30. The van der Waals surface area contributed by atoms with E-state index in [1.807, 2.05) is 0 Å². The van der Waals surface area contributed by atoms with Gasteiger partial charge in [0.05, 0.1) is 26.4 Å². The molecule has 0 aliphatic carbocycles. The largest absolute Gasteiger partial charge is 0.472 e. The zero-order valence-corrected chi connectivity index (χ0v) is 60.0. The first-order chi connectivity index (χ1) is 44.7. The van der Waals surface area contributed by atoms with Crippen molar-refractivity contribution in [3.05, 3.63) is 60.8 Å². The number of hydrogen-bond acceptors (Lipinski definition) is 15. The number of ether oxygens (including phenoxy) is 4. The third kappa shape index (κ3) is 65.4. The smallest absolute Gasteiger partial charge is 0.462 e. The first-order valence-corrected chi connectivity index (χ1v) is 39.5. The number of allylic oxidation sites excluding steroid dienone is 10. The van der Waals surface area contributed by atoms with Crippen LogP contribution in [-0.4, -0.2) is 96.7 Å². The van der Waals surface area contributed by atoms with Gasteiger partial charge in [0.25, 0.3) is 0 Å². The quantitative estimate of drug-likeness (QED) is 0.0169. The van der Waals surface area contributed by atoms with Crippen LogP contribution in [-0.2, 0) is 65.4 Å². The van der Waals surface area contributed by atoms with Gasteiger partial charge in [-0.15, -0.1) is 0 Å². The van der Waals surface area contributed by atoms with E-state index in [2.05, 4.69) is 88.5 Å². The highest BCUT2D eigenvalue weighted by atomic mass is 31.2. The maximum atomic E-state index is 13.0. The fourth-order valence-corrected chi connectivity index (χ4v) is 11.5. The Bertz CT molecular complexity index is 1990. The molecule has 3 N–H and O–H groups in total. The van der Waals surface area contributed by atoms with Crippen LogP contribution in [0.1, 0.15) is 323 Å². The third-order valence-corrected chi connectivity index (χ3v) is 17.4. The normalized spacial score (nSPS) is 14.4. The summed E-state index contributed by atoms with van der Waals surface area (Å²) in [7, 11) is -9.93. The van der Waals surface area contributed by atoms with Gasteiger partial charge in [-0.1, -0.05) is 275 Å². The number of esters is 4. The SMILES string of the molecule is CC/C=C\C/C=C\C/C=C\C/C=C\CCCCC(=O)OCC(COP(=O)(O)OCC(O)COP(=O)(O)OCC(COC(=O)CCCCCCCCCCCCCCCCC)OC(=O)CCCCCCCCCCCCC)OC(=O)CCCCCCC/C=C\CCCC.